The van der Waals surface area contributed by atoms with Crippen LogP contribution in [0.4, 0.5) is 0 Å². The van der Waals surface area contributed by atoms with Gasteiger partial charge in [0.2, 0.25) is 0 Å². The molecule has 0 aromatic rings. The van der Waals surface area contributed by atoms with Crippen LogP contribution in [0.5, 0.6) is 0 Å². The minimum atomic E-state index is 1.11. The molecule has 0 nitrogen and oxygen atoms in total. The topological polar surface area (TPSA) is 0 Å². The van der Waals surface area contributed by atoms with Crippen LogP contribution in [0, 0.1) is 0 Å². The second kappa shape index (κ2) is 8.05. The smallest absolute Gasteiger partial charge is 0.0238 e. The fraction of sp³-hybridized carbons (Fsp3) is 0.333. The highest BCUT2D eigenvalue weighted by Gasteiger charge is 2.01. The minimum absolute atomic E-state index is 1.11. The summed E-state index contributed by atoms with van der Waals surface area (Å²) in [4.78, 5) is 0. The van der Waals surface area contributed by atoms with Crippen molar-refractivity contribution in [2.24, 2.45) is 0 Å². The van der Waals surface area contributed by atoms with Crippen LogP contribution in [0.1, 0.15) is 33.6 Å². The number of rotatable bonds is 3. The largest absolute Gasteiger partial charge is 0.0988 e. The molecule has 0 aromatic heterocycles. The molecule has 0 amide bonds. The van der Waals surface area contributed by atoms with E-state index in [0.29, 0.717) is 0 Å². The quantitative estimate of drug-likeness (QED) is 0.566. The van der Waals surface area contributed by atoms with E-state index >= 15 is 0 Å². The molecule has 0 heterocycles. The Balaban J connectivity index is 0.000000921. The van der Waals surface area contributed by atoms with E-state index in [-0.39, 0.29) is 0 Å². The molecule has 0 heteroatoms. The Bertz CT molecular complexity index is 298. The van der Waals surface area contributed by atoms with Gasteiger partial charge in [0.25, 0.3) is 0 Å². The average molecular weight is 202 g/mol. The molecule has 0 aliphatic heterocycles. The van der Waals surface area contributed by atoms with Crippen molar-refractivity contribution >= 4 is 0 Å². The summed E-state index contributed by atoms with van der Waals surface area (Å²) in [6.07, 6.45) is 12.6. The molecule has 15 heavy (non-hydrogen) atoms. The Labute approximate surface area is 94.4 Å². The van der Waals surface area contributed by atoms with Gasteiger partial charge in [-0.25, -0.2) is 0 Å². The Morgan fingerprint density at radius 1 is 1.40 bits per heavy atom. The van der Waals surface area contributed by atoms with E-state index in [9.17, 15) is 0 Å². The third-order valence-corrected chi connectivity index (χ3v) is 2.15. The van der Waals surface area contributed by atoms with Crippen LogP contribution in [-0.4, -0.2) is 0 Å². The first kappa shape index (κ1) is 13.7. The van der Waals surface area contributed by atoms with E-state index in [1.54, 1.807) is 0 Å². The number of hydrogen-bond donors (Lipinski definition) is 0. The van der Waals surface area contributed by atoms with Crippen LogP contribution in [0.25, 0.3) is 0 Å². The molecule has 82 valence electrons. The zero-order valence-corrected chi connectivity index (χ0v) is 10.2. The van der Waals surface area contributed by atoms with Gasteiger partial charge in [0.05, 0.1) is 0 Å². The van der Waals surface area contributed by atoms with Crippen molar-refractivity contribution in [2.45, 2.75) is 33.6 Å². The molecule has 0 spiro atoms. The maximum atomic E-state index is 4.04. The molecule has 0 fully saturated rings. The molecular formula is C15H22. The Hall–Kier alpha value is -1.30. The lowest BCUT2D eigenvalue weighted by atomic mass is 9.97. The first-order chi connectivity index (χ1) is 7.24. The molecule has 0 bridgehead atoms. The van der Waals surface area contributed by atoms with Gasteiger partial charge in [0.1, 0.15) is 0 Å². The molecule has 1 aliphatic carbocycles. The highest BCUT2D eigenvalue weighted by atomic mass is 14.1. The van der Waals surface area contributed by atoms with E-state index < -0.39 is 0 Å². The van der Waals surface area contributed by atoms with Gasteiger partial charge in [0, 0.05) is 0 Å². The zero-order valence-electron chi connectivity index (χ0n) is 10.2. The van der Waals surface area contributed by atoms with Gasteiger partial charge in [-0.15, -0.1) is 0 Å². The molecule has 1 rings (SSSR count). The number of allylic oxidation sites excluding steroid dienone is 8. The van der Waals surface area contributed by atoms with Crippen molar-refractivity contribution in [3.8, 4) is 0 Å². The molecule has 0 saturated carbocycles. The first-order valence-corrected chi connectivity index (χ1v) is 5.59. The molecule has 0 N–H and O–H groups in total. The summed E-state index contributed by atoms with van der Waals surface area (Å²) in [7, 11) is 0. The highest BCUT2D eigenvalue weighted by Crippen LogP contribution is 2.20. The summed E-state index contributed by atoms with van der Waals surface area (Å²) in [6.45, 7) is 13.8. The molecule has 0 atom stereocenters. The lowest BCUT2D eigenvalue weighted by molar-refractivity contribution is 0.978. The maximum absolute atomic E-state index is 4.04. The van der Waals surface area contributed by atoms with Crippen LogP contribution in [0.2, 0.25) is 0 Å². The maximum Gasteiger partial charge on any atom is -0.0238 e. The molecule has 0 aromatic carbocycles. The van der Waals surface area contributed by atoms with Crippen molar-refractivity contribution in [2.75, 3.05) is 0 Å². The Morgan fingerprint density at radius 2 is 2.07 bits per heavy atom. The standard InChI is InChI=1S/C13H16.C2H6/c1-4-11(2)10-12(3)13-8-6-5-7-9-13;1-2/h4-6,8,10H,1,3,7,9H2,2H3;1-2H3/b11-10-;. The van der Waals surface area contributed by atoms with Gasteiger partial charge in [-0.1, -0.05) is 63.0 Å². The molecule has 0 saturated heterocycles. The molecule has 1 aliphatic rings. The van der Waals surface area contributed by atoms with Crippen LogP contribution >= 0.6 is 0 Å². The van der Waals surface area contributed by atoms with Crippen LogP contribution in [-0.2, 0) is 0 Å². The lowest BCUT2D eigenvalue weighted by Gasteiger charge is -2.08. The van der Waals surface area contributed by atoms with Crippen LogP contribution in [0.3, 0.4) is 0 Å². The predicted octanol–water partition coefficient (Wildman–Crippen LogP) is 4.98. The normalized spacial score (nSPS) is 14.9. The van der Waals surface area contributed by atoms with Crippen molar-refractivity contribution < 1.29 is 0 Å². The van der Waals surface area contributed by atoms with E-state index in [1.807, 2.05) is 26.8 Å². The minimum Gasteiger partial charge on any atom is -0.0988 e. The fourth-order valence-corrected chi connectivity index (χ4v) is 1.30. The van der Waals surface area contributed by atoms with Gasteiger partial charge in [0.15, 0.2) is 0 Å². The van der Waals surface area contributed by atoms with Crippen LogP contribution < -0.4 is 0 Å². The van der Waals surface area contributed by atoms with Crippen molar-refractivity contribution in [3.63, 3.8) is 0 Å². The number of hydrogen-bond acceptors (Lipinski definition) is 0. The van der Waals surface area contributed by atoms with E-state index in [1.165, 1.54) is 11.1 Å². The van der Waals surface area contributed by atoms with Crippen molar-refractivity contribution in [3.05, 3.63) is 60.3 Å². The van der Waals surface area contributed by atoms with Crippen LogP contribution in [0.15, 0.2) is 60.3 Å². The molecular weight excluding hydrogens is 180 g/mol. The monoisotopic (exact) mass is 202 g/mol. The first-order valence-electron chi connectivity index (χ1n) is 5.59. The summed E-state index contributed by atoms with van der Waals surface area (Å²) in [5.41, 5.74) is 3.62. The second-order valence-corrected chi connectivity index (χ2v) is 3.28. The summed E-state index contributed by atoms with van der Waals surface area (Å²) >= 11 is 0. The van der Waals surface area contributed by atoms with Gasteiger partial charge < -0.3 is 0 Å². The predicted molar refractivity (Wildman–Crippen MR) is 70.9 cm³/mol. The van der Waals surface area contributed by atoms with E-state index in [2.05, 4.69) is 37.5 Å². The van der Waals surface area contributed by atoms with Gasteiger partial charge >= 0.3 is 0 Å². The van der Waals surface area contributed by atoms with Crippen molar-refractivity contribution in [1.29, 1.82) is 0 Å². The molecule has 0 radical (unpaired) electrons. The highest BCUT2D eigenvalue weighted by molar-refractivity contribution is 5.43. The lowest BCUT2D eigenvalue weighted by Crippen LogP contribution is -1.89. The zero-order chi connectivity index (χ0) is 11.7. The summed E-state index contributed by atoms with van der Waals surface area (Å²) in [5.74, 6) is 0. The summed E-state index contributed by atoms with van der Waals surface area (Å²) < 4.78 is 0. The SMILES string of the molecule is C=C/C(C)=C\C(=C)C1=CC=CCC1.CC. The fourth-order valence-electron chi connectivity index (χ4n) is 1.30. The second-order valence-electron chi connectivity index (χ2n) is 3.28. The van der Waals surface area contributed by atoms with Gasteiger partial charge in [-0.2, -0.15) is 0 Å². The third kappa shape index (κ3) is 5.21. The summed E-state index contributed by atoms with van der Waals surface area (Å²) in [5, 5.41) is 0. The third-order valence-electron chi connectivity index (χ3n) is 2.15. The Morgan fingerprint density at radius 3 is 2.53 bits per heavy atom. The average Bonchev–Trinajstić information content (AvgIpc) is 2.32. The Kier molecular flexibility index (Phi) is 7.35. The molecule has 0 unspecified atom stereocenters. The summed E-state index contributed by atoms with van der Waals surface area (Å²) in [6, 6.07) is 0. The van der Waals surface area contributed by atoms with Gasteiger partial charge in [-0.3, -0.25) is 0 Å². The van der Waals surface area contributed by atoms with E-state index in [4.69, 9.17) is 0 Å². The van der Waals surface area contributed by atoms with E-state index in [0.717, 1.165) is 18.4 Å². The van der Waals surface area contributed by atoms with Crippen molar-refractivity contribution in [1.82, 2.24) is 0 Å². The van der Waals surface area contributed by atoms with Gasteiger partial charge in [-0.05, 0) is 30.9 Å².